The van der Waals surface area contributed by atoms with Crippen LogP contribution in [0.1, 0.15) is 64.2 Å². The first-order valence-electron chi connectivity index (χ1n) is 8.28. The molecule has 0 bridgehead atoms. The first-order valence-corrected chi connectivity index (χ1v) is 9.20. The number of carbonyl (C=O) groups is 2. The Kier molecular flexibility index (Phi) is 9.02. The Morgan fingerprint density at radius 1 is 0.818 bits per heavy atom. The molecule has 0 aromatic heterocycles. The highest BCUT2D eigenvalue weighted by Gasteiger charge is 2.26. The van der Waals surface area contributed by atoms with Gasteiger partial charge in [-0.2, -0.15) is 0 Å². The van der Waals surface area contributed by atoms with Gasteiger partial charge >= 0.3 is 11.9 Å². The lowest BCUT2D eigenvalue weighted by Gasteiger charge is -2.24. The van der Waals surface area contributed by atoms with E-state index in [-0.39, 0.29) is 10.7 Å². The van der Waals surface area contributed by atoms with E-state index < -0.39 is 18.0 Å². The van der Waals surface area contributed by atoms with E-state index in [9.17, 15) is 9.59 Å². The number of carboxylic acids is 2. The third-order valence-electron chi connectivity index (χ3n) is 4.74. The number of hydrogen-bond acceptors (Lipinski definition) is 3. The van der Waals surface area contributed by atoms with Crippen molar-refractivity contribution in [2.45, 2.75) is 75.1 Å². The fourth-order valence-corrected chi connectivity index (χ4v) is 3.85. The highest BCUT2D eigenvalue weighted by atomic mass is 79.9. The summed E-state index contributed by atoms with van der Waals surface area (Å²) in [5.74, 6) is -0.976. The summed E-state index contributed by atoms with van der Waals surface area (Å²) in [5.41, 5.74) is 5.49. The van der Waals surface area contributed by atoms with Crippen molar-refractivity contribution in [3.8, 4) is 0 Å². The van der Waals surface area contributed by atoms with Gasteiger partial charge in [0.25, 0.3) is 0 Å². The molecule has 0 radical (unpaired) electrons. The minimum Gasteiger partial charge on any atom is -0.480 e. The smallest absolute Gasteiger partial charge is 0.320 e. The number of alkyl halides is 1. The summed E-state index contributed by atoms with van der Waals surface area (Å²) < 4.78 is 0. The molecule has 2 aliphatic rings. The zero-order valence-electron chi connectivity index (χ0n) is 13.0. The van der Waals surface area contributed by atoms with Gasteiger partial charge in [-0.25, -0.2) is 0 Å². The van der Waals surface area contributed by atoms with Gasteiger partial charge in [-0.15, -0.1) is 0 Å². The minimum atomic E-state index is -0.850. The average molecular weight is 378 g/mol. The van der Waals surface area contributed by atoms with E-state index >= 15 is 0 Å². The van der Waals surface area contributed by atoms with Gasteiger partial charge in [0, 0.05) is 0 Å². The molecular weight excluding hydrogens is 350 g/mol. The lowest BCUT2D eigenvalue weighted by Crippen LogP contribution is -2.38. The van der Waals surface area contributed by atoms with Crippen LogP contribution >= 0.6 is 15.9 Å². The van der Waals surface area contributed by atoms with Crippen LogP contribution < -0.4 is 5.73 Å². The van der Waals surface area contributed by atoms with E-state index in [0.717, 1.165) is 38.5 Å². The summed E-state index contributed by atoms with van der Waals surface area (Å²) in [5, 5.41) is 17.3. The van der Waals surface area contributed by atoms with E-state index in [1.807, 2.05) is 0 Å². The number of aliphatic carboxylic acids is 2. The zero-order valence-corrected chi connectivity index (χ0v) is 14.6. The molecule has 22 heavy (non-hydrogen) atoms. The van der Waals surface area contributed by atoms with Crippen LogP contribution in [0.15, 0.2) is 0 Å². The highest BCUT2D eigenvalue weighted by Crippen LogP contribution is 2.30. The Balaban J connectivity index is 0.000000220. The monoisotopic (exact) mass is 377 g/mol. The Morgan fingerprint density at radius 2 is 1.23 bits per heavy atom. The lowest BCUT2D eigenvalue weighted by molar-refractivity contribution is -0.140. The number of rotatable bonds is 4. The van der Waals surface area contributed by atoms with Crippen LogP contribution in [0, 0.1) is 11.8 Å². The van der Waals surface area contributed by atoms with Gasteiger partial charge in [0.2, 0.25) is 0 Å². The summed E-state index contributed by atoms with van der Waals surface area (Å²) in [6.07, 6.45) is 11.3. The standard InChI is InChI=1S/C8H13BrO2.C8H15NO2/c2*9-7(8(10)11)6-4-2-1-3-5-6/h6-7H,1-5H2,(H,10,11);6-7H,1-5,9H2,(H,10,11)/t2*7-/m11/s1. The predicted octanol–water partition coefficient (Wildman–Crippen LogP) is 3.39. The second-order valence-corrected chi connectivity index (χ2v) is 7.39. The lowest BCUT2D eigenvalue weighted by atomic mass is 9.84. The number of nitrogens with two attached hydrogens (primary N) is 1. The molecule has 5 nitrogen and oxygen atoms in total. The molecule has 6 heteroatoms. The molecule has 2 saturated carbocycles. The maximum absolute atomic E-state index is 10.6. The highest BCUT2D eigenvalue weighted by molar-refractivity contribution is 9.10. The summed E-state index contributed by atoms with van der Waals surface area (Å²) >= 11 is 3.20. The Bertz CT molecular complexity index is 318. The van der Waals surface area contributed by atoms with Crippen LogP contribution in [0.5, 0.6) is 0 Å². The van der Waals surface area contributed by atoms with Crippen LogP contribution in [-0.4, -0.2) is 33.0 Å². The van der Waals surface area contributed by atoms with Gasteiger partial charge in [0.15, 0.2) is 0 Å². The van der Waals surface area contributed by atoms with Gasteiger partial charge in [-0.1, -0.05) is 54.5 Å². The van der Waals surface area contributed by atoms with Gasteiger partial charge in [-0.3, -0.25) is 9.59 Å². The fourth-order valence-electron chi connectivity index (χ4n) is 3.32. The van der Waals surface area contributed by atoms with Crippen molar-refractivity contribution in [3.63, 3.8) is 0 Å². The molecule has 2 atom stereocenters. The normalized spacial score (nSPS) is 23.0. The molecule has 0 unspecified atom stereocenters. The molecule has 0 aromatic rings. The first-order chi connectivity index (χ1) is 10.4. The number of halogens is 1. The van der Waals surface area contributed by atoms with Crippen LogP contribution in [0.4, 0.5) is 0 Å². The minimum absolute atomic E-state index is 0.223. The third kappa shape index (κ3) is 6.65. The Morgan fingerprint density at radius 3 is 1.59 bits per heavy atom. The second-order valence-electron chi connectivity index (χ2n) is 6.40. The van der Waals surface area contributed by atoms with Crippen LogP contribution in [0.3, 0.4) is 0 Å². The van der Waals surface area contributed by atoms with Crippen molar-refractivity contribution in [2.24, 2.45) is 17.6 Å². The molecule has 128 valence electrons. The van der Waals surface area contributed by atoms with E-state index in [4.69, 9.17) is 15.9 Å². The van der Waals surface area contributed by atoms with Crippen LogP contribution in [0.25, 0.3) is 0 Å². The molecule has 0 heterocycles. The first kappa shape index (κ1) is 19.4. The topological polar surface area (TPSA) is 101 Å². The van der Waals surface area contributed by atoms with E-state index in [1.165, 1.54) is 25.7 Å². The van der Waals surface area contributed by atoms with Crippen molar-refractivity contribution >= 4 is 27.9 Å². The molecule has 0 amide bonds. The zero-order chi connectivity index (χ0) is 16.5. The molecule has 2 fully saturated rings. The predicted molar refractivity (Wildman–Crippen MR) is 89.1 cm³/mol. The van der Waals surface area contributed by atoms with Crippen molar-refractivity contribution in [3.05, 3.63) is 0 Å². The molecule has 4 N–H and O–H groups in total. The van der Waals surface area contributed by atoms with E-state index in [0.29, 0.717) is 5.92 Å². The fraction of sp³-hybridized carbons (Fsp3) is 0.875. The van der Waals surface area contributed by atoms with Crippen LogP contribution in [-0.2, 0) is 9.59 Å². The molecule has 0 spiro atoms. The van der Waals surface area contributed by atoms with Crippen molar-refractivity contribution in [1.82, 2.24) is 0 Å². The molecule has 2 aliphatic carbocycles. The molecule has 0 saturated heterocycles. The Hall–Kier alpha value is -0.620. The molecular formula is C16H28BrNO4. The second kappa shape index (κ2) is 10.2. The van der Waals surface area contributed by atoms with E-state index in [2.05, 4.69) is 15.9 Å². The maximum atomic E-state index is 10.6. The summed E-state index contributed by atoms with van der Waals surface area (Å²) in [6.45, 7) is 0. The summed E-state index contributed by atoms with van der Waals surface area (Å²) in [4.78, 5) is 20.7. The molecule has 0 aromatic carbocycles. The van der Waals surface area contributed by atoms with E-state index in [1.54, 1.807) is 0 Å². The molecule has 0 aliphatic heterocycles. The van der Waals surface area contributed by atoms with Crippen molar-refractivity contribution in [1.29, 1.82) is 0 Å². The average Bonchev–Trinajstić information content (AvgIpc) is 2.55. The van der Waals surface area contributed by atoms with Gasteiger partial charge in [0.1, 0.15) is 10.9 Å². The van der Waals surface area contributed by atoms with Gasteiger partial charge < -0.3 is 15.9 Å². The van der Waals surface area contributed by atoms with Crippen LogP contribution in [0.2, 0.25) is 0 Å². The summed E-state index contributed by atoms with van der Waals surface area (Å²) in [7, 11) is 0. The summed E-state index contributed by atoms with van der Waals surface area (Å²) in [6, 6.07) is -0.629. The van der Waals surface area contributed by atoms with Crippen molar-refractivity contribution in [2.75, 3.05) is 0 Å². The van der Waals surface area contributed by atoms with Crippen molar-refractivity contribution < 1.29 is 19.8 Å². The van der Waals surface area contributed by atoms with Gasteiger partial charge in [-0.05, 0) is 37.5 Å². The SMILES string of the molecule is N[C@@H](C(=O)O)C1CCCCC1.O=C(O)[C@H](Br)C1CCCCC1. The number of hydrogen-bond donors (Lipinski definition) is 3. The largest absolute Gasteiger partial charge is 0.480 e. The number of carboxylic acid groups (broad SMARTS) is 2. The Labute approximate surface area is 140 Å². The third-order valence-corrected chi connectivity index (χ3v) is 5.88. The van der Waals surface area contributed by atoms with Gasteiger partial charge in [0.05, 0.1) is 0 Å². The maximum Gasteiger partial charge on any atom is 0.320 e. The quantitative estimate of drug-likeness (QED) is 0.651. The molecule has 2 rings (SSSR count).